The van der Waals surface area contributed by atoms with Crippen LogP contribution in [0.5, 0.6) is 5.75 Å². The molecule has 0 bridgehead atoms. The Kier molecular flexibility index (Phi) is 6.30. The molecule has 1 saturated heterocycles. The Bertz CT molecular complexity index is 391. The molecule has 2 rings (SSSR count). The molecule has 4 nitrogen and oxygen atoms in total. The fourth-order valence-corrected chi connectivity index (χ4v) is 2.55. The van der Waals surface area contributed by atoms with Gasteiger partial charge in [0.2, 0.25) is 0 Å². The van der Waals surface area contributed by atoms with Gasteiger partial charge < -0.3 is 19.5 Å². The number of ether oxygens (including phenoxy) is 3. The van der Waals surface area contributed by atoms with E-state index in [4.69, 9.17) is 14.2 Å². The van der Waals surface area contributed by atoms with E-state index in [2.05, 4.69) is 11.4 Å². The molecule has 20 heavy (non-hydrogen) atoms. The zero-order valence-corrected chi connectivity index (χ0v) is 12.4. The number of methoxy groups -OCH3 is 1. The van der Waals surface area contributed by atoms with Gasteiger partial charge in [-0.15, -0.1) is 0 Å². The molecule has 1 aliphatic heterocycles. The SMILES string of the molecule is CNC(COCC1CCOCC1)c1ccccc1OC. The summed E-state index contributed by atoms with van der Waals surface area (Å²) in [5.74, 6) is 1.54. The second-order valence-corrected chi connectivity index (χ2v) is 5.18. The van der Waals surface area contributed by atoms with Crippen LogP contribution in [0.2, 0.25) is 0 Å². The zero-order valence-electron chi connectivity index (χ0n) is 12.4. The number of para-hydroxylation sites is 1. The summed E-state index contributed by atoms with van der Waals surface area (Å²) in [7, 11) is 3.66. The highest BCUT2D eigenvalue weighted by atomic mass is 16.5. The molecule has 112 valence electrons. The fraction of sp³-hybridized carbons (Fsp3) is 0.625. The Morgan fingerprint density at radius 3 is 2.75 bits per heavy atom. The molecule has 1 N–H and O–H groups in total. The first-order valence-corrected chi connectivity index (χ1v) is 7.30. The Labute approximate surface area is 121 Å². The molecule has 1 unspecified atom stereocenters. The number of rotatable bonds is 7. The van der Waals surface area contributed by atoms with Gasteiger partial charge in [0.15, 0.2) is 0 Å². The van der Waals surface area contributed by atoms with Crippen LogP contribution in [0.25, 0.3) is 0 Å². The maximum atomic E-state index is 5.91. The van der Waals surface area contributed by atoms with Crippen molar-refractivity contribution < 1.29 is 14.2 Å². The lowest BCUT2D eigenvalue weighted by Crippen LogP contribution is -2.25. The molecule has 1 aromatic carbocycles. The van der Waals surface area contributed by atoms with Gasteiger partial charge in [-0.25, -0.2) is 0 Å². The Morgan fingerprint density at radius 1 is 1.30 bits per heavy atom. The van der Waals surface area contributed by atoms with Crippen molar-refractivity contribution >= 4 is 0 Å². The molecule has 1 atom stereocenters. The molecular formula is C16H25NO3. The van der Waals surface area contributed by atoms with E-state index in [-0.39, 0.29) is 6.04 Å². The maximum Gasteiger partial charge on any atom is 0.123 e. The average Bonchev–Trinajstić information content (AvgIpc) is 2.53. The van der Waals surface area contributed by atoms with Gasteiger partial charge in [-0.05, 0) is 31.9 Å². The summed E-state index contributed by atoms with van der Waals surface area (Å²) in [4.78, 5) is 0. The van der Waals surface area contributed by atoms with Gasteiger partial charge in [0.1, 0.15) is 5.75 Å². The van der Waals surface area contributed by atoms with Gasteiger partial charge in [0.25, 0.3) is 0 Å². The van der Waals surface area contributed by atoms with E-state index in [0.29, 0.717) is 12.5 Å². The predicted molar refractivity (Wildman–Crippen MR) is 79.2 cm³/mol. The summed E-state index contributed by atoms with van der Waals surface area (Å²) in [6.07, 6.45) is 2.22. The molecule has 0 aromatic heterocycles. The van der Waals surface area contributed by atoms with Crippen molar-refractivity contribution in [1.29, 1.82) is 0 Å². The van der Waals surface area contributed by atoms with Crippen molar-refractivity contribution in [2.45, 2.75) is 18.9 Å². The molecule has 0 aliphatic carbocycles. The van der Waals surface area contributed by atoms with Crippen LogP contribution in [-0.2, 0) is 9.47 Å². The second-order valence-electron chi connectivity index (χ2n) is 5.18. The molecular weight excluding hydrogens is 254 g/mol. The smallest absolute Gasteiger partial charge is 0.123 e. The van der Waals surface area contributed by atoms with Crippen molar-refractivity contribution in [3.8, 4) is 5.75 Å². The number of hydrogen-bond donors (Lipinski definition) is 1. The minimum Gasteiger partial charge on any atom is -0.496 e. The second kappa shape index (κ2) is 8.25. The molecule has 1 aromatic rings. The molecule has 0 radical (unpaired) electrons. The van der Waals surface area contributed by atoms with Gasteiger partial charge in [-0.3, -0.25) is 0 Å². The minimum absolute atomic E-state index is 0.158. The normalized spacial score (nSPS) is 17.9. The van der Waals surface area contributed by atoms with E-state index < -0.39 is 0 Å². The van der Waals surface area contributed by atoms with Crippen molar-refractivity contribution in [2.24, 2.45) is 5.92 Å². The van der Waals surface area contributed by atoms with Crippen molar-refractivity contribution in [3.63, 3.8) is 0 Å². The van der Waals surface area contributed by atoms with Crippen LogP contribution in [0.15, 0.2) is 24.3 Å². The summed E-state index contributed by atoms with van der Waals surface area (Å²) in [5, 5.41) is 3.30. The Balaban J connectivity index is 1.85. The van der Waals surface area contributed by atoms with Gasteiger partial charge in [-0.2, -0.15) is 0 Å². The fourth-order valence-electron chi connectivity index (χ4n) is 2.55. The van der Waals surface area contributed by atoms with E-state index in [1.807, 2.05) is 25.2 Å². The number of benzene rings is 1. The Morgan fingerprint density at radius 2 is 2.05 bits per heavy atom. The van der Waals surface area contributed by atoms with E-state index in [9.17, 15) is 0 Å². The van der Waals surface area contributed by atoms with Crippen LogP contribution in [-0.4, -0.2) is 40.6 Å². The largest absolute Gasteiger partial charge is 0.496 e. The molecule has 1 aliphatic rings. The van der Waals surface area contributed by atoms with Gasteiger partial charge in [-0.1, -0.05) is 18.2 Å². The summed E-state index contributed by atoms with van der Waals surface area (Å²) >= 11 is 0. The van der Waals surface area contributed by atoms with Crippen LogP contribution < -0.4 is 10.1 Å². The van der Waals surface area contributed by atoms with Crippen LogP contribution in [0, 0.1) is 5.92 Å². The average molecular weight is 279 g/mol. The van der Waals surface area contributed by atoms with E-state index in [1.54, 1.807) is 7.11 Å². The van der Waals surface area contributed by atoms with Gasteiger partial charge in [0.05, 0.1) is 19.8 Å². The Hall–Kier alpha value is -1.10. The number of hydrogen-bond acceptors (Lipinski definition) is 4. The molecule has 0 spiro atoms. The van der Waals surface area contributed by atoms with Crippen molar-refractivity contribution in [2.75, 3.05) is 40.6 Å². The van der Waals surface area contributed by atoms with Gasteiger partial charge in [0, 0.05) is 25.4 Å². The monoisotopic (exact) mass is 279 g/mol. The first-order valence-electron chi connectivity index (χ1n) is 7.30. The number of nitrogens with one attached hydrogen (secondary N) is 1. The number of likely N-dealkylation sites (N-methyl/N-ethyl adjacent to an activating group) is 1. The minimum atomic E-state index is 0.158. The summed E-state index contributed by atoms with van der Waals surface area (Å²) in [5.41, 5.74) is 1.14. The van der Waals surface area contributed by atoms with Crippen LogP contribution in [0.1, 0.15) is 24.4 Å². The standard InChI is InChI=1S/C16H25NO3/c1-17-15(14-5-3-4-6-16(14)18-2)12-20-11-13-7-9-19-10-8-13/h3-6,13,15,17H,7-12H2,1-2H3. The third kappa shape index (κ3) is 4.20. The molecule has 1 heterocycles. The quantitative estimate of drug-likeness (QED) is 0.832. The van der Waals surface area contributed by atoms with Crippen LogP contribution in [0.3, 0.4) is 0 Å². The summed E-state index contributed by atoms with van der Waals surface area (Å²) in [6, 6.07) is 8.24. The van der Waals surface area contributed by atoms with Gasteiger partial charge >= 0.3 is 0 Å². The molecule has 1 fully saturated rings. The summed E-state index contributed by atoms with van der Waals surface area (Å²) < 4.78 is 16.7. The van der Waals surface area contributed by atoms with E-state index in [0.717, 1.165) is 44.0 Å². The lowest BCUT2D eigenvalue weighted by molar-refractivity contribution is 0.0155. The zero-order chi connectivity index (χ0) is 14.2. The lowest BCUT2D eigenvalue weighted by atomic mass is 10.0. The van der Waals surface area contributed by atoms with Crippen molar-refractivity contribution in [1.82, 2.24) is 5.32 Å². The highest BCUT2D eigenvalue weighted by molar-refractivity contribution is 5.35. The predicted octanol–water partition coefficient (Wildman–Crippen LogP) is 2.40. The third-order valence-corrected chi connectivity index (χ3v) is 3.84. The van der Waals surface area contributed by atoms with E-state index >= 15 is 0 Å². The maximum absolute atomic E-state index is 5.91. The van der Waals surface area contributed by atoms with Crippen LogP contribution >= 0.6 is 0 Å². The highest BCUT2D eigenvalue weighted by Crippen LogP contribution is 2.25. The van der Waals surface area contributed by atoms with Crippen molar-refractivity contribution in [3.05, 3.63) is 29.8 Å². The third-order valence-electron chi connectivity index (χ3n) is 3.84. The molecule has 0 saturated carbocycles. The van der Waals surface area contributed by atoms with Crippen LogP contribution in [0.4, 0.5) is 0 Å². The van der Waals surface area contributed by atoms with E-state index in [1.165, 1.54) is 0 Å². The topological polar surface area (TPSA) is 39.7 Å². The molecule has 4 heteroatoms. The first kappa shape index (κ1) is 15.3. The first-order chi connectivity index (χ1) is 9.85. The summed E-state index contributed by atoms with van der Waals surface area (Å²) in [6.45, 7) is 3.22. The lowest BCUT2D eigenvalue weighted by Gasteiger charge is -2.24. The highest BCUT2D eigenvalue weighted by Gasteiger charge is 2.17. The molecule has 0 amide bonds.